The third kappa shape index (κ3) is 2.18. The molecule has 0 atom stereocenters. The summed E-state index contributed by atoms with van der Waals surface area (Å²) in [5.41, 5.74) is 6.88. The molecule has 11 heavy (non-hydrogen) atoms. The van der Waals surface area contributed by atoms with Gasteiger partial charge in [0.05, 0.1) is 4.43 Å². The van der Waals surface area contributed by atoms with E-state index in [2.05, 4.69) is 0 Å². The van der Waals surface area contributed by atoms with Gasteiger partial charge in [-0.1, -0.05) is 22.6 Å². The molecule has 0 unspecified atom stereocenters. The van der Waals surface area contributed by atoms with E-state index in [1.54, 1.807) is 24.3 Å². The zero-order valence-corrected chi connectivity index (χ0v) is 8.04. The number of carbonyl (C=O) groups excluding carboxylic acids is 1. The molecule has 0 bridgehead atoms. The minimum Gasteiger partial charge on any atom is -0.399 e. The Kier molecular flexibility index (Phi) is 2.87. The number of anilines is 1. The van der Waals surface area contributed by atoms with Gasteiger partial charge in [0.2, 0.25) is 0 Å². The number of halogens is 1. The van der Waals surface area contributed by atoms with E-state index >= 15 is 0 Å². The fraction of sp³-hybridized carbons (Fsp3) is 0.125. The smallest absolute Gasteiger partial charge is 0.172 e. The predicted octanol–water partition coefficient (Wildman–Crippen LogP) is 1.89. The number of nitrogen functional groups attached to an aromatic ring is 1. The molecule has 0 heterocycles. The molecule has 1 rings (SSSR count). The van der Waals surface area contributed by atoms with Gasteiger partial charge in [0.25, 0.3) is 0 Å². The van der Waals surface area contributed by atoms with Crippen LogP contribution in [0, 0.1) is 0 Å². The fourth-order valence-corrected chi connectivity index (χ4v) is 1.19. The van der Waals surface area contributed by atoms with Crippen molar-refractivity contribution >= 4 is 34.1 Å². The highest BCUT2D eigenvalue weighted by molar-refractivity contribution is 14.1. The lowest BCUT2D eigenvalue weighted by molar-refractivity contribution is 0.102. The lowest BCUT2D eigenvalue weighted by Crippen LogP contribution is -1.99. The van der Waals surface area contributed by atoms with Crippen molar-refractivity contribution in [1.82, 2.24) is 0 Å². The van der Waals surface area contributed by atoms with E-state index in [-0.39, 0.29) is 5.78 Å². The molecule has 0 aliphatic heterocycles. The Hall–Kier alpha value is -0.580. The minimum atomic E-state index is 0.144. The first-order chi connectivity index (χ1) is 5.24. The SMILES string of the molecule is Nc1ccc(C(=O)CI)cc1. The second-order valence-electron chi connectivity index (χ2n) is 2.18. The summed E-state index contributed by atoms with van der Waals surface area (Å²) < 4.78 is 0.516. The molecule has 0 fully saturated rings. The van der Waals surface area contributed by atoms with E-state index in [0.717, 1.165) is 5.56 Å². The molecule has 0 spiro atoms. The van der Waals surface area contributed by atoms with Crippen molar-refractivity contribution in [1.29, 1.82) is 0 Å². The summed E-state index contributed by atoms with van der Waals surface area (Å²) in [6, 6.07) is 6.96. The lowest BCUT2D eigenvalue weighted by atomic mass is 10.1. The number of hydrogen-bond acceptors (Lipinski definition) is 2. The Bertz CT molecular complexity index is 255. The Morgan fingerprint density at radius 1 is 1.36 bits per heavy atom. The first-order valence-corrected chi connectivity index (χ1v) is 4.71. The van der Waals surface area contributed by atoms with Crippen molar-refractivity contribution in [3.8, 4) is 0 Å². The second kappa shape index (κ2) is 3.71. The molecule has 3 heteroatoms. The molecular formula is C8H8INO. The van der Waals surface area contributed by atoms with E-state index in [4.69, 9.17) is 5.73 Å². The monoisotopic (exact) mass is 261 g/mol. The van der Waals surface area contributed by atoms with Gasteiger partial charge in [-0.2, -0.15) is 0 Å². The molecule has 1 aromatic carbocycles. The van der Waals surface area contributed by atoms with Gasteiger partial charge in [0.1, 0.15) is 0 Å². The largest absolute Gasteiger partial charge is 0.399 e. The summed E-state index contributed by atoms with van der Waals surface area (Å²) in [6.07, 6.45) is 0. The average Bonchev–Trinajstić information content (AvgIpc) is 2.05. The van der Waals surface area contributed by atoms with Gasteiger partial charge in [-0.25, -0.2) is 0 Å². The predicted molar refractivity (Wildman–Crippen MR) is 54.1 cm³/mol. The minimum absolute atomic E-state index is 0.144. The molecule has 2 N–H and O–H groups in total. The van der Waals surface area contributed by atoms with Crippen LogP contribution in [0.4, 0.5) is 5.69 Å². The highest BCUT2D eigenvalue weighted by Gasteiger charge is 2.01. The van der Waals surface area contributed by atoms with Crippen molar-refractivity contribution in [2.24, 2.45) is 0 Å². The van der Waals surface area contributed by atoms with Gasteiger partial charge >= 0.3 is 0 Å². The molecule has 58 valence electrons. The zero-order valence-electron chi connectivity index (χ0n) is 5.88. The van der Waals surface area contributed by atoms with E-state index in [9.17, 15) is 4.79 Å². The Morgan fingerprint density at radius 3 is 2.36 bits per heavy atom. The summed E-state index contributed by atoms with van der Waals surface area (Å²) in [5, 5.41) is 0. The van der Waals surface area contributed by atoms with Crippen LogP contribution >= 0.6 is 22.6 Å². The summed E-state index contributed by atoms with van der Waals surface area (Å²) in [7, 11) is 0. The highest BCUT2D eigenvalue weighted by atomic mass is 127. The Morgan fingerprint density at radius 2 is 1.91 bits per heavy atom. The number of carbonyl (C=O) groups is 1. The van der Waals surface area contributed by atoms with Crippen molar-refractivity contribution in [3.63, 3.8) is 0 Å². The molecule has 2 nitrogen and oxygen atoms in total. The van der Waals surface area contributed by atoms with E-state index < -0.39 is 0 Å². The molecule has 0 aliphatic carbocycles. The van der Waals surface area contributed by atoms with Crippen LogP contribution in [0.1, 0.15) is 10.4 Å². The van der Waals surface area contributed by atoms with E-state index in [1.807, 2.05) is 22.6 Å². The molecule has 0 aromatic heterocycles. The number of nitrogens with two attached hydrogens (primary N) is 1. The van der Waals surface area contributed by atoms with Gasteiger partial charge < -0.3 is 5.73 Å². The quantitative estimate of drug-likeness (QED) is 0.382. The van der Waals surface area contributed by atoms with Crippen LogP contribution in [-0.4, -0.2) is 10.2 Å². The topological polar surface area (TPSA) is 43.1 Å². The molecule has 0 amide bonds. The maximum absolute atomic E-state index is 11.1. The Balaban J connectivity index is 2.90. The van der Waals surface area contributed by atoms with Crippen LogP contribution in [0.15, 0.2) is 24.3 Å². The third-order valence-electron chi connectivity index (χ3n) is 1.35. The zero-order chi connectivity index (χ0) is 8.27. The summed E-state index contributed by atoms with van der Waals surface area (Å²) in [5.74, 6) is 0.144. The van der Waals surface area contributed by atoms with Crippen molar-refractivity contribution in [3.05, 3.63) is 29.8 Å². The Labute approximate surface area is 78.9 Å². The number of rotatable bonds is 2. The molecule has 0 saturated heterocycles. The van der Waals surface area contributed by atoms with Crippen molar-refractivity contribution < 1.29 is 4.79 Å². The summed E-state index contributed by atoms with van der Waals surface area (Å²) in [4.78, 5) is 11.1. The van der Waals surface area contributed by atoms with Crippen LogP contribution in [0.5, 0.6) is 0 Å². The second-order valence-corrected chi connectivity index (χ2v) is 2.94. The van der Waals surface area contributed by atoms with Gasteiger partial charge in [0.15, 0.2) is 5.78 Å². The molecule has 1 aromatic rings. The number of benzene rings is 1. The van der Waals surface area contributed by atoms with Crippen molar-refractivity contribution in [2.45, 2.75) is 0 Å². The van der Waals surface area contributed by atoms with Crippen molar-refractivity contribution in [2.75, 3.05) is 10.2 Å². The fourth-order valence-electron chi connectivity index (χ4n) is 0.746. The average molecular weight is 261 g/mol. The van der Waals surface area contributed by atoms with E-state index in [1.165, 1.54) is 0 Å². The summed E-state index contributed by atoms with van der Waals surface area (Å²) >= 11 is 2.04. The number of hydrogen-bond donors (Lipinski definition) is 1. The number of Topliss-reactive ketones (excluding diaryl/α,β-unsaturated/α-hetero) is 1. The molecule has 0 aliphatic rings. The number of ketones is 1. The summed E-state index contributed by atoms with van der Waals surface area (Å²) in [6.45, 7) is 0. The van der Waals surface area contributed by atoms with Gasteiger partial charge in [0, 0.05) is 11.3 Å². The first-order valence-electron chi connectivity index (χ1n) is 3.18. The van der Waals surface area contributed by atoms with Crippen LogP contribution in [0.3, 0.4) is 0 Å². The van der Waals surface area contributed by atoms with Crippen LogP contribution in [0.25, 0.3) is 0 Å². The molecular weight excluding hydrogens is 253 g/mol. The van der Waals surface area contributed by atoms with Crippen LogP contribution < -0.4 is 5.73 Å². The van der Waals surface area contributed by atoms with Crippen LogP contribution in [0.2, 0.25) is 0 Å². The maximum Gasteiger partial charge on any atom is 0.172 e. The highest BCUT2D eigenvalue weighted by Crippen LogP contribution is 2.06. The van der Waals surface area contributed by atoms with Crippen LogP contribution in [-0.2, 0) is 0 Å². The normalized spacial score (nSPS) is 9.55. The van der Waals surface area contributed by atoms with Gasteiger partial charge in [-0.15, -0.1) is 0 Å². The van der Waals surface area contributed by atoms with Gasteiger partial charge in [-0.3, -0.25) is 4.79 Å². The van der Waals surface area contributed by atoms with Gasteiger partial charge in [-0.05, 0) is 24.3 Å². The molecule has 0 radical (unpaired) electrons. The molecule has 0 saturated carbocycles. The third-order valence-corrected chi connectivity index (χ3v) is 2.05. The van der Waals surface area contributed by atoms with E-state index in [0.29, 0.717) is 10.1 Å². The first kappa shape index (κ1) is 8.52. The lowest BCUT2D eigenvalue weighted by Gasteiger charge is -1.96. The maximum atomic E-state index is 11.1. The standard InChI is InChI=1S/C8H8INO/c9-5-8(11)6-1-3-7(10)4-2-6/h1-4H,5,10H2. The number of alkyl halides is 1.